The molecule has 1 heterocycles. The lowest BCUT2D eigenvalue weighted by atomic mass is 10.1. The van der Waals surface area contributed by atoms with Gasteiger partial charge < -0.3 is 10.6 Å². The van der Waals surface area contributed by atoms with Crippen LogP contribution in [0.2, 0.25) is 0 Å². The van der Waals surface area contributed by atoms with Crippen LogP contribution in [0.25, 0.3) is 0 Å². The molecule has 0 aliphatic heterocycles. The molecule has 0 aliphatic carbocycles. The fraction of sp³-hybridized carbons (Fsp3) is 0.190. The Hall–Kier alpha value is -2.99. The third-order valence-corrected chi connectivity index (χ3v) is 4.87. The van der Waals surface area contributed by atoms with Gasteiger partial charge in [-0.1, -0.05) is 60.7 Å². The van der Waals surface area contributed by atoms with Gasteiger partial charge in [-0.3, -0.25) is 9.59 Å². The van der Waals surface area contributed by atoms with E-state index in [2.05, 4.69) is 15.6 Å². The van der Waals surface area contributed by atoms with Gasteiger partial charge in [0.2, 0.25) is 5.91 Å². The summed E-state index contributed by atoms with van der Waals surface area (Å²) in [7, 11) is 0. The van der Waals surface area contributed by atoms with E-state index < -0.39 is 0 Å². The summed E-state index contributed by atoms with van der Waals surface area (Å²) in [6, 6.07) is 19.5. The van der Waals surface area contributed by atoms with Crippen LogP contribution in [0, 0.1) is 0 Å². The summed E-state index contributed by atoms with van der Waals surface area (Å²) >= 11 is 1.25. The summed E-state index contributed by atoms with van der Waals surface area (Å²) in [6.45, 7) is 1.92. The summed E-state index contributed by atoms with van der Waals surface area (Å²) in [4.78, 5) is 28.7. The molecule has 0 saturated carbocycles. The van der Waals surface area contributed by atoms with E-state index in [0.717, 1.165) is 11.1 Å². The van der Waals surface area contributed by atoms with E-state index in [1.165, 1.54) is 11.3 Å². The molecule has 0 fully saturated rings. The van der Waals surface area contributed by atoms with Crippen molar-refractivity contribution in [2.45, 2.75) is 25.8 Å². The SMILES string of the molecule is CC(NC(=O)c1csc(NC(=O)CCc2ccccc2)n1)c1ccccc1. The molecule has 2 N–H and O–H groups in total. The number of nitrogens with one attached hydrogen (secondary N) is 2. The Balaban J connectivity index is 1.51. The molecular weight excluding hydrogens is 358 g/mol. The number of carbonyl (C=O) groups excluding carboxylic acids is 2. The largest absolute Gasteiger partial charge is 0.344 e. The zero-order valence-electron chi connectivity index (χ0n) is 15.0. The first-order valence-electron chi connectivity index (χ1n) is 8.77. The van der Waals surface area contributed by atoms with E-state index in [-0.39, 0.29) is 17.9 Å². The molecule has 0 spiro atoms. The molecule has 0 saturated heterocycles. The van der Waals surface area contributed by atoms with E-state index in [0.29, 0.717) is 23.7 Å². The zero-order valence-corrected chi connectivity index (χ0v) is 15.8. The highest BCUT2D eigenvalue weighted by molar-refractivity contribution is 7.14. The molecule has 0 aliphatic rings. The van der Waals surface area contributed by atoms with E-state index in [1.54, 1.807) is 5.38 Å². The van der Waals surface area contributed by atoms with Gasteiger partial charge in [-0.2, -0.15) is 0 Å². The molecule has 1 unspecified atom stereocenters. The maximum absolute atomic E-state index is 12.4. The molecule has 2 amide bonds. The zero-order chi connectivity index (χ0) is 19.1. The second-order valence-corrected chi connectivity index (χ2v) is 7.04. The number of aryl methyl sites for hydroxylation is 1. The van der Waals surface area contributed by atoms with Crippen LogP contribution in [0.4, 0.5) is 5.13 Å². The van der Waals surface area contributed by atoms with E-state index in [1.807, 2.05) is 67.6 Å². The topological polar surface area (TPSA) is 71.1 Å². The van der Waals surface area contributed by atoms with Gasteiger partial charge >= 0.3 is 0 Å². The van der Waals surface area contributed by atoms with Crippen molar-refractivity contribution in [1.82, 2.24) is 10.3 Å². The van der Waals surface area contributed by atoms with Crippen molar-refractivity contribution in [3.05, 3.63) is 82.9 Å². The lowest BCUT2D eigenvalue weighted by Gasteiger charge is -2.13. The molecule has 1 atom stereocenters. The first-order chi connectivity index (χ1) is 13.1. The molecule has 138 valence electrons. The van der Waals surface area contributed by atoms with Gasteiger partial charge in [-0.15, -0.1) is 11.3 Å². The quantitative estimate of drug-likeness (QED) is 0.646. The number of benzene rings is 2. The fourth-order valence-corrected chi connectivity index (χ4v) is 3.32. The monoisotopic (exact) mass is 379 g/mol. The van der Waals surface area contributed by atoms with Crippen LogP contribution in [0.1, 0.15) is 41.0 Å². The van der Waals surface area contributed by atoms with Crippen molar-refractivity contribution < 1.29 is 9.59 Å². The lowest BCUT2D eigenvalue weighted by Crippen LogP contribution is -2.26. The molecule has 5 nitrogen and oxygen atoms in total. The number of rotatable bonds is 7. The molecule has 6 heteroatoms. The van der Waals surface area contributed by atoms with Crippen LogP contribution in [0.15, 0.2) is 66.0 Å². The Kier molecular flexibility index (Phi) is 6.33. The third-order valence-electron chi connectivity index (χ3n) is 4.11. The van der Waals surface area contributed by atoms with Crippen LogP contribution in [-0.4, -0.2) is 16.8 Å². The Morgan fingerprint density at radius 2 is 1.70 bits per heavy atom. The number of amides is 2. The van der Waals surface area contributed by atoms with E-state index >= 15 is 0 Å². The number of hydrogen-bond donors (Lipinski definition) is 2. The minimum atomic E-state index is -0.257. The Labute approximate surface area is 162 Å². The van der Waals surface area contributed by atoms with Crippen molar-refractivity contribution in [3.63, 3.8) is 0 Å². The summed E-state index contributed by atoms with van der Waals surface area (Å²) in [5, 5.41) is 7.77. The summed E-state index contributed by atoms with van der Waals surface area (Å²) in [5.74, 6) is -0.370. The minimum Gasteiger partial charge on any atom is -0.344 e. The summed E-state index contributed by atoms with van der Waals surface area (Å²) in [5.41, 5.74) is 2.44. The van der Waals surface area contributed by atoms with Crippen LogP contribution < -0.4 is 10.6 Å². The predicted octanol–water partition coefficient (Wildman–Crippen LogP) is 4.21. The van der Waals surface area contributed by atoms with Gasteiger partial charge in [-0.25, -0.2) is 4.98 Å². The smallest absolute Gasteiger partial charge is 0.271 e. The molecule has 2 aromatic carbocycles. The van der Waals surface area contributed by atoms with Crippen molar-refractivity contribution in [2.24, 2.45) is 0 Å². The van der Waals surface area contributed by atoms with Crippen LogP contribution in [0.5, 0.6) is 0 Å². The molecule has 3 aromatic rings. The van der Waals surface area contributed by atoms with E-state index in [4.69, 9.17) is 0 Å². The predicted molar refractivity (Wildman–Crippen MR) is 108 cm³/mol. The third kappa shape index (κ3) is 5.49. The molecule has 0 radical (unpaired) electrons. The number of hydrogen-bond acceptors (Lipinski definition) is 4. The van der Waals surface area contributed by atoms with Crippen molar-refractivity contribution >= 4 is 28.3 Å². The fourth-order valence-electron chi connectivity index (χ4n) is 2.62. The first kappa shape index (κ1) is 18.8. The van der Waals surface area contributed by atoms with Gasteiger partial charge in [0.15, 0.2) is 5.13 Å². The van der Waals surface area contributed by atoms with Crippen molar-refractivity contribution in [3.8, 4) is 0 Å². The average molecular weight is 379 g/mol. The summed E-state index contributed by atoms with van der Waals surface area (Å²) in [6.07, 6.45) is 1.04. The normalized spacial score (nSPS) is 11.6. The standard InChI is InChI=1S/C21H21N3O2S/c1-15(17-10-6-3-7-11-17)22-20(26)18-14-27-21(23-18)24-19(25)13-12-16-8-4-2-5-9-16/h2-11,14-15H,12-13H2,1H3,(H,22,26)(H,23,24,25). The number of anilines is 1. The minimum absolute atomic E-state index is 0.113. The Morgan fingerprint density at radius 3 is 2.41 bits per heavy atom. The van der Waals surface area contributed by atoms with Gasteiger partial charge in [0.05, 0.1) is 6.04 Å². The van der Waals surface area contributed by atoms with Crippen LogP contribution in [-0.2, 0) is 11.2 Å². The average Bonchev–Trinajstić information content (AvgIpc) is 3.16. The van der Waals surface area contributed by atoms with Gasteiger partial charge in [-0.05, 0) is 24.5 Å². The number of thiazole rings is 1. The highest BCUT2D eigenvalue weighted by Crippen LogP contribution is 2.18. The molecule has 0 bridgehead atoms. The Morgan fingerprint density at radius 1 is 1.04 bits per heavy atom. The van der Waals surface area contributed by atoms with Gasteiger partial charge in [0.1, 0.15) is 5.69 Å². The lowest BCUT2D eigenvalue weighted by molar-refractivity contribution is -0.116. The van der Waals surface area contributed by atoms with Crippen LogP contribution in [0.3, 0.4) is 0 Å². The maximum Gasteiger partial charge on any atom is 0.271 e. The molecule has 3 rings (SSSR count). The van der Waals surface area contributed by atoms with Gasteiger partial charge in [0.25, 0.3) is 5.91 Å². The molecular formula is C21H21N3O2S. The van der Waals surface area contributed by atoms with Crippen molar-refractivity contribution in [1.29, 1.82) is 0 Å². The van der Waals surface area contributed by atoms with Crippen molar-refractivity contribution in [2.75, 3.05) is 5.32 Å². The summed E-state index contributed by atoms with van der Waals surface area (Å²) < 4.78 is 0. The number of aromatic nitrogens is 1. The van der Waals surface area contributed by atoms with Crippen LogP contribution >= 0.6 is 11.3 Å². The second kappa shape index (κ2) is 9.09. The Bertz CT molecular complexity index is 894. The molecule has 27 heavy (non-hydrogen) atoms. The highest BCUT2D eigenvalue weighted by Gasteiger charge is 2.15. The van der Waals surface area contributed by atoms with E-state index in [9.17, 15) is 9.59 Å². The highest BCUT2D eigenvalue weighted by atomic mass is 32.1. The number of carbonyl (C=O) groups is 2. The number of nitrogens with zero attached hydrogens (tertiary/aromatic N) is 1. The maximum atomic E-state index is 12.4. The molecule has 1 aromatic heterocycles. The first-order valence-corrected chi connectivity index (χ1v) is 9.65. The second-order valence-electron chi connectivity index (χ2n) is 6.18. The van der Waals surface area contributed by atoms with Gasteiger partial charge in [0, 0.05) is 11.8 Å².